The predicted octanol–water partition coefficient (Wildman–Crippen LogP) is 5.37. The number of hydrogen-bond acceptors (Lipinski definition) is 3. The number of aromatic nitrogens is 1. The standard InChI is InChI=1S/C23H23F2NO4/c1-3-4-5-9-16(23(29)30)19-13(2)26(17-10-11-18(27)21(25)20(17)19)22(28)14-7-6-8-15(24)12-14/h6-8,10-12,16,27H,3-5,9H2,1-2H3,(H,29,30). The van der Waals surface area contributed by atoms with Gasteiger partial charge in [-0.2, -0.15) is 0 Å². The average molecular weight is 415 g/mol. The molecule has 1 aromatic heterocycles. The lowest BCUT2D eigenvalue weighted by Crippen LogP contribution is -2.16. The smallest absolute Gasteiger partial charge is 0.311 e. The van der Waals surface area contributed by atoms with Crippen molar-refractivity contribution in [3.63, 3.8) is 0 Å². The molecule has 1 unspecified atom stereocenters. The molecule has 0 aliphatic carbocycles. The Morgan fingerprint density at radius 1 is 1.13 bits per heavy atom. The summed E-state index contributed by atoms with van der Waals surface area (Å²) in [7, 11) is 0. The number of carboxylic acid groups (broad SMARTS) is 1. The van der Waals surface area contributed by atoms with Gasteiger partial charge in [0, 0.05) is 16.6 Å². The van der Waals surface area contributed by atoms with Crippen molar-refractivity contribution in [1.29, 1.82) is 0 Å². The molecule has 3 aromatic rings. The van der Waals surface area contributed by atoms with Gasteiger partial charge >= 0.3 is 5.97 Å². The molecule has 158 valence electrons. The maximum absolute atomic E-state index is 15.0. The molecule has 3 rings (SSSR count). The highest BCUT2D eigenvalue weighted by atomic mass is 19.1. The summed E-state index contributed by atoms with van der Waals surface area (Å²) in [6, 6.07) is 7.58. The normalized spacial score (nSPS) is 12.3. The molecule has 0 aliphatic rings. The van der Waals surface area contributed by atoms with Crippen LogP contribution in [0.1, 0.15) is 60.1 Å². The number of rotatable bonds is 7. The summed E-state index contributed by atoms with van der Waals surface area (Å²) >= 11 is 0. The minimum Gasteiger partial charge on any atom is -0.505 e. The number of aliphatic carboxylic acids is 1. The zero-order valence-electron chi connectivity index (χ0n) is 16.8. The van der Waals surface area contributed by atoms with Crippen molar-refractivity contribution in [3.8, 4) is 5.75 Å². The van der Waals surface area contributed by atoms with Crippen LogP contribution in [0.25, 0.3) is 10.9 Å². The highest BCUT2D eigenvalue weighted by molar-refractivity contribution is 6.05. The molecule has 0 saturated carbocycles. The summed E-state index contributed by atoms with van der Waals surface area (Å²) in [5.41, 5.74) is 0.598. The van der Waals surface area contributed by atoms with Gasteiger partial charge in [-0.25, -0.2) is 8.78 Å². The first kappa shape index (κ1) is 21.5. The molecule has 30 heavy (non-hydrogen) atoms. The van der Waals surface area contributed by atoms with Gasteiger partial charge in [0.05, 0.1) is 11.4 Å². The fourth-order valence-corrected chi connectivity index (χ4v) is 3.91. The van der Waals surface area contributed by atoms with Crippen molar-refractivity contribution < 1.29 is 28.6 Å². The molecule has 1 atom stereocenters. The van der Waals surface area contributed by atoms with Gasteiger partial charge in [0.2, 0.25) is 0 Å². The van der Waals surface area contributed by atoms with E-state index in [0.717, 1.165) is 25.0 Å². The second-order valence-corrected chi connectivity index (χ2v) is 7.33. The van der Waals surface area contributed by atoms with E-state index in [1.54, 1.807) is 6.92 Å². The van der Waals surface area contributed by atoms with Crippen molar-refractivity contribution in [2.75, 3.05) is 0 Å². The van der Waals surface area contributed by atoms with Crippen LogP contribution >= 0.6 is 0 Å². The first-order chi connectivity index (χ1) is 14.3. The van der Waals surface area contributed by atoms with Crippen LogP contribution in [-0.2, 0) is 4.79 Å². The maximum Gasteiger partial charge on any atom is 0.311 e. The molecule has 0 fully saturated rings. The van der Waals surface area contributed by atoms with Gasteiger partial charge in [0.25, 0.3) is 5.91 Å². The number of benzene rings is 2. The number of halogens is 2. The quantitative estimate of drug-likeness (QED) is 0.509. The van der Waals surface area contributed by atoms with E-state index in [1.165, 1.54) is 28.8 Å². The molecule has 1 heterocycles. The van der Waals surface area contributed by atoms with Gasteiger partial charge in [-0.05, 0) is 49.2 Å². The van der Waals surface area contributed by atoms with Crippen LogP contribution in [0.5, 0.6) is 5.75 Å². The number of phenolic OH excluding ortho intramolecular Hbond substituents is 1. The Labute approximate surface area is 172 Å². The lowest BCUT2D eigenvalue weighted by Gasteiger charge is -2.14. The molecule has 0 amide bonds. The minimum atomic E-state index is -1.13. The van der Waals surface area contributed by atoms with Gasteiger partial charge in [-0.15, -0.1) is 0 Å². The molecule has 0 bridgehead atoms. The molecule has 0 saturated heterocycles. The monoisotopic (exact) mass is 415 g/mol. The van der Waals surface area contributed by atoms with Gasteiger partial charge in [0.1, 0.15) is 5.82 Å². The zero-order valence-corrected chi connectivity index (χ0v) is 16.8. The lowest BCUT2D eigenvalue weighted by molar-refractivity contribution is -0.139. The number of hydrogen-bond donors (Lipinski definition) is 2. The molecule has 0 radical (unpaired) electrons. The first-order valence-corrected chi connectivity index (χ1v) is 9.83. The van der Waals surface area contributed by atoms with Crippen LogP contribution < -0.4 is 0 Å². The molecule has 7 heteroatoms. The van der Waals surface area contributed by atoms with E-state index < -0.39 is 35.2 Å². The van der Waals surface area contributed by atoms with Gasteiger partial charge < -0.3 is 10.2 Å². The molecule has 2 aromatic carbocycles. The average Bonchev–Trinajstić information content (AvgIpc) is 3.00. The number of carbonyl (C=O) groups is 2. The zero-order chi connectivity index (χ0) is 22.0. The first-order valence-electron chi connectivity index (χ1n) is 9.83. The fourth-order valence-electron chi connectivity index (χ4n) is 3.91. The van der Waals surface area contributed by atoms with E-state index in [1.807, 2.05) is 6.92 Å². The number of carbonyl (C=O) groups excluding carboxylic acids is 1. The number of unbranched alkanes of at least 4 members (excludes halogenated alkanes) is 2. The van der Waals surface area contributed by atoms with Crippen molar-refractivity contribution in [3.05, 3.63) is 64.9 Å². The van der Waals surface area contributed by atoms with E-state index in [2.05, 4.69) is 0 Å². The van der Waals surface area contributed by atoms with Crippen molar-refractivity contribution >= 4 is 22.8 Å². The summed E-state index contributed by atoms with van der Waals surface area (Å²) < 4.78 is 29.8. The topological polar surface area (TPSA) is 79.5 Å². The van der Waals surface area contributed by atoms with Crippen LogP contribution in [0, 0.1) is 18.6 Å². The summed E-state index contributed by atoms with van der Waals surface area (Å²) in [4.78, 5) is 25.2. The van der Waals surface area contributed by atoms with Gasteiger partial charge in [0.15, 0.2) is 11.6 Å². The highest BCUT2D eigenvalue weighted by Crippen LogP contribution is 2.39. The Morgan fingerprint density at radius 3 is 2.50 bits per heavy atom. The third-order valence-electron chi connectivity index (χ3n) is 5.35. The van der Waals surface area contributed by atoms with E-state index in [-0.39, 0.29) is 34.1 Å². The van der Waals surface area contributed by atoms with Crippen LogP contribution in [-0.4, -0.2) is 26.7 Å². The van der Waals surface area contributed by atoms with Crippen LogP contribution in [0.3, 0.4) is 0 Å². The fraction of sp³-hybridized carbons (Fsp3) is 0.304. The van der Waals surface area contributed by atoms with Gasteiger partial charge in [-0.3, -0.25) is 14.2 Å². The number of aromatic hydroxyl groups is 1. The SMILES string of the molecule is CCCCCC(C(=O)O)c1c(C)n(C(=O)c2cccc(F)c2)c2ccc(O)c(F)c12. The second-order valence-electron chi connectivity index (χ2n) is 7.33. The van der Waals surface area contributed by atoms with E-state index in [9.17, 15) is 28.6 Å². The number of fused-ring (bicyclic) bond motifs is 1. The van der Waals surface area contributed by atoms with Crippen molar-refractivity contribution in [2.24, 2.45) is 0 Å². The Morgan fingerprint density at radius 2 is 1.87 bits per heavy atom. The number of phenols is 1. The largest absolute Gasteiger partial charge is 0.505 e. The lowest BCUT2D eigenvalue weighted by atomic mass is 9.90. The Bertz CT molecular complexity index is 1120. The Kier molecular flexibility index (Phi) is 6.20. The maximum atomic E-state index is 15.0. The van der Waals surface area contributed by atoms with Crippen LogP contribution in [0.4, 0.5) is 8.78 Å². The van der Waals surface area contributed by atoms with Crippen molar-refractivity contribution in [1.82, 2.24) is 4.57 Å². The molecule has 2 N–H and O–H groups in total. The summed E-state index contributed by atoms with van der Waals surface area (Å²) in [5.74, 6) is -4.98. The minimum absolute atomic E-state index is 0.0490. The molecule has 0 spiro atoms. The van der Waals surface area contributed by atoms with E-state index in [4.69, 9.17) is 0 Å². The third kappa shape index (κ3) is 3.79. The summed E-state index contributed by atoms with van der Waals surface area (Å²) in [6.45, 7) is 3.53. The summed E-state index contributed by atoms with van der Waals surface area (Å²) in [6.07, 6.45) is 2.60. The number of nitrogens with zero attached hydrogens (tertiary/aromatic N) is 1. The summed E-state index contributed by atoms with van der Waals surface area (Å²) in [5, 5.41) is 19.6. The molecular weight excluding hydrogens is 392 g/mol. The van der Waals surface area contributed by atoms with E-state index in [0.29, 0.717) is 6.42 Å². The van der Waals surface area contributed by atoms with Crippen molar-refractivity contribution in [2.45, 2.75) is 45.4 Å². The predicted molar refractivity (Wildman–Crippen MR) is 109 cm³/mol. The molecular formula is C23H23F2NO4. The molecule has 0 aliphatic heterocycles. The Hall–Kier alpha value is -3.22. The van der Waals surface area contributed by atoms with Crippen LogP contribution in [0.15, 0.2) is 36.4 Å². The third-order valence-corrected chi connectivity index (χ3v) is 5.35. The number of carboxylic acids is 1. The highest BCUT2D eigenvalue weighted by Gasteiger charge is 2.31. The van der Waals surface area contributed by atoms with Crippen LogP contribution in [0.2, 0.25) is 0 Å². The van der Waals surface area contributed by atoms with Gasteiger partial charge in [-0.1, -0.05) is 32.3 Å². The second kappa shape index (κ2) is 8.65. The Balaban J connectivity index is 2.27. The molecule has 5 nitrogen and oxygen atoms in total. The van der Waals surface area contributed by atoms with E-state index >= 15 is 0 Å².